The molecule has 0 aliphatic carbocycles. The van der Waals surface area contributed by atoms with E-state index in [2.05, 4.69) is 5.32 Å². The van der Waals surface area contributed by atoms with Crippen molar-refractivity contribution in [1.82, 2.24) is 15.1 Å². The van der Waals surface area contributed by atoms with Crippen LogP contribution in [0.3, 0.4) is 0 Å². The third-order valence-corrected chi connectivity index (χ3v) is 6.85. The molecule has 3 rings (SSSR count). The number of hydrogen-bond acceptors (Lipinski definition) is 5. The van der Waals surface area contributed by atoms with Gasteiger partial charge in [0.1, 0.15) is 17.2 Å². The van der Waals surface area contributed by atoms with Gasteiger partial charge < -0.3 is 24.6 Å². The van der Waals surface area contributed by atoms with Crippen LogP contribution >= 0.6 is 23.2 Å². The number of nitrogens with zero attached hydrogens (tertiary/aromatic N) is 2. The quantitative estimate of drug-likeness (QED) is 0.563. The molecule has 1 aromatic carbocycles. The third-order valence-electron chi connectivity index (χ3n) is 6.35. The summed E-state index contributed by atoms with van der Waals surface area (Å²) in [5.74, 6) is 0.555. The van der Waals surface area contributed by atoms with Gasteiger partial charge in [0.2, 0.25) is 5.91 Å². The summed E-state index contributed by atoms with van der Waals surface area (Å²) in [5, 5.41) is 3.41. The fourth-order valence-corrected chi connectivity index (χ4v) is 4.62. The van der Waals surface area contributed by atoms with E-state index in [1.54, 1.807) is 29.2 Å². The van der Waals surface area contributed by atoms with Crippen LogP contribution in [0, 0.1) is 5.92 Å². The van der Waals surface area contributed by atoms with Crippen molar-refractivity contribution in [2.45, 2.75) is 57.7 Å². The molecule has 8 nitrogen and oxygen atoms in total. The molecule has 2 saturated heterocycles. The van der Waals surface area contributed by atoms with Gasteiger partial charge in [-0.2, -0.15) is 0 Å². The summed E-state index contributed by atoms with van der Waals surface area (Å²) in [5.41, 5.74) is -1.67. The second kappa shape index (κ2) is 11.7. The number of carbonyl (C=O) groups is 3. The van der Waals surface area contributed by atoms with E-state index in [1.165, 1.54) is 0 Å². The summed E-state index contributed by atoms with van der Waals surface area (Å²) in [6.45, 7) is 7.93. The Kier molecular flexibility index (Phi) is 9.16. The van der Waals surface area contributed by atoms with Crippen LogP contribution in [0.2, 0.25) is 5.02 Å². The molecule has 2 heterocycles. The smallest absolute Gasteiger partial charge is 0.410 e. The lowest BCUT2D eigenvalue weighted by Gasteiger charge is -2.44. The molecule has 0 spiro atoms. The molecule has 1 aromatic rings. The predicted molar refractivity (Wildman–Crippen MR) is 135 cm³/mol. The van der Waals surface area contributed by atoms with Crippen LogP contribution in [-0.2, 0) is 14.3 Å². The molecule has 3 amide bonds. The van der Waals surface area contributed by atoms with Crippen molar-refractivity contribution in [2.24, 2.45) is 5.92 Å². The van der Waals surface area contributed by atoms with Gasteiger partial charge >= 0.3 is 6.09 Å². The number of piperidine rings is 2. The Balaban J connectivity index is 1.68. The van der Waals surface area contributed by atoms with Crippen molar-refractivity contribution in [2.75, 3.05) is 38.6 Å². The number of rotatable bonds is 6. The van der Waals surface area contributed by atoms with Crippen LogP contribution < -0.4 is 10.1 Å². The van der Waals surface area contributed by atoms with Crippen molar-refractivity contribution in [3.8, 4) is 5.75 Å². The summed E-state index contributed by atoms with van der Waals surface area (Å²) in [7, 11) is 0. The Morgan fingerprint density at radius 2 is 1.63 bits per heavy atom. The highest BCUT2D eigenvalue weighted by Gasteiger charge is 2.47. The van der Waals surface area contributed by atoms with Gasteiger partial charge in [-0.3, -0.25) is 9.59 Å². The largest absolute Gasteiger partial charge is 0.477 e. The van der Waals surface area contributed by atoms with Crippen LogP contribution in [0.4, 0.5) is 4.79 Å². The van der Waals surface area contributed by atoms with E-state index in [1.807, 2.05) is 25.7 Å². The molecule has 35 heavy (non-hydrogen) atoms. The fraction of sp³-hybridized carbons (Fsp3) is 0.640. The van der Waals surface area contributed by atoms with Crippen LogP contribution in [0.15, 0.2) is 24.3 Å². The Morgan fingerprint density at radius 3 is 2.17 bits per heavy atom. The van der Waals surface area contributed by atoms with Crippen LogP contribution in [0.25, 0.3) is 0 Å². The zero-order chi connectivity index (χ0) is 25.6. The van der Waals surface area contributed by atoms with Crippen LogP contribution in [0.5, 0.6) is 5.75 Å². The Morgan fingerprint density at radius 1 is 1.03 bits per heavy atom. The van der Waals surface area contributed by atoms with Gasteiger partial charge in [-0.15, -0.1) is 11.6 Å². The van der Waals surface area contributed by atoms with E-state index in [0.29, 0.717) is 62.3 Å². The topological polar surface area (TPSA) is 88.2 Å². The Bertz CT molecular complexity index is 887. The summed E-state index contributed by atoms with van der Waals surface area (Å²) >= 11 is 11.6. The number of alkyl halides is 1. The maximum atomic E-state index is 13.8. The zero-order valence-electron chi connectivity index (χ0n) is 20.6. The minimum absolute atomic E-state index is 0.0534. The number of nitrogens with one attached hydrogen (secondary N) is 1. The number of halogens is 2. The predicted octanol–water partition coefficient (Wildman–Crippen LogP) is 4.08. The second-order valence-corrected chi connectivity index (χ2v) is 10.9. The van der Waals surface area contributed by atoms with Crippen molar-refractivity contribution in [3.05, 3.63) is 29.3 Å². The first-order chi connectivity index (χ1) is 16.5. The van der Waals surface area contributed by atoms with E-state index in [-0.39, 0.29) is 23.8 Å². The molecule has 1 N–H and O–H groups in total. The standard InChI is InChI=1S/C25H35Cl2N3O5/c1-24(2,3)35-23(33)30-14-10-25(11-15-30,34-20-6-4-19(27)5-7-20)22(32)29-12-8-18(9-13-29)17-28-21(31)16-26/h4-7,18H,8-17H2,1-3H3,(H,28,31). The van der Waals surface area contributed by atoms with Crippen molar-refractivity contribution in [1.29, 1.82) is 0 Å². The van der Waals surface area contributed by atoms with Crippen LogP contribution in [-0.4, -0.2) is 77.5 Å². The summed E-state index contributed by atoms with van der Waals surface area (Å²) in [6.07, 6.45) is 1.91. The normalized spacial score (nSPS) is 18.7. The lowest BCUT2D eigenvalue weighted by Crippen LogP contribution is -2.60. The van der Waals surface area contributed by atoms with E-state index in [9.17, 15) is 14.4 Å². The first kappa shape index (κ1) is 27.4. The van der Waals surface area contributed by atoms with Gasteiger partial charge in [-0.05, 0) is 63.8 Å². The summed E-state index contributed by atoms with van der Waals surface area (Å²) in [4.78, 5) is 41.3. The molecule has 0 atom stereocenters. The lowest BCUT2D eigenvalue weighted by atomic mass is 9.87. The molecule has 0 saturated carbocycles. The summed E-state index contributed by atoms with van der Waals surface area (Å²) in [6, 6.07) is 6.96. The van der Waals surface area contributed by atoms with E-state index < -0.39 is 11.2 Å². The van der Waals surface area contributed by atoms with Gasteiger partial charge in [-0.1, -0.05) is 11.6 Å². The monoisotopic (exact) mass is 527 g/mol. The minimum atomic E-state index is -1.08. The molecule has 0 radical (unpaired) electrons. The highest BCUT2D eigenvalue weighted by molar-refractivity contribution is 6.30. The van der Waals surface area contributed by atoms with E-state index >= 15 is 0 Å². The number of amides is 3. The molecule has 194 valence electrons. The number of likely N-dealkylation sites (tertiary alicyclic amines) is 2. The highest BCUT2D eigenvalue weighted by Crippen LogP contribution is 2.33. The average Bonchev–Trinajstić information content (AvgIpc) is 2.83. The second-order valence-electron chi connectivity index (χ2n) is 10.2. The molecule has 0 unspecified atom stereocenters. The molecule has 10 heteroatoms. The average molecular weight is 528 g/mol. The van der Waals surface area contributed by atoms with Gasteiger partial charge in [0, 0.05) is 50.6 Å². The number of ether oxygens (including phenoxy) is 2. The van der Waals surface area contributed by atoms with E-state index in [4.69, 9.17) is 32.7 Å². The van der Waals surface area contributed by atoms with E-state index in [0.717, 1.165) is 12.8 Å². The first-order valence-electron chi connectivity index (χ1n) is 12.1. The SMILES string of the molecule is CC(C)(C)OC(=O)N1CCC(Oc2ccc(Cl)cc2)(C(=O)N2CCC(CNC(=O)CCl)CC2)CC1. The number of hydrogen-bond donors (Lipinski definition) is 1. The minimum Gasteiger partial charge on any atom is -0.477 e. The van der Waals surface area contributed by atoms with Crippen LogP contribution in [0.1, 0.15) is 46.5 Å². The maximum Gasteiger partial charge on any atom is 0.410 e. The molecule has 2 fully saturated rings. The molecular formula is C25H35Cl2N3O5. The van der Waals surface area contributed by atoms with Gasteiger partial charge in [0.05, 0.1) is 0 Å². The van der Waals surface area contributed by atoms with Gasteiger partial charge in [0.25, 0.3) is 5.91 Å². The fourth-order valence-electron chi connectivity index (χ4n) is 4.40. The molecule has 0 bridgehead atoms. The molecule has 2 aliphatic rings. The maximum absolute atomic E-state index is 13.8. The van der Waals surface area contributed by atoms with Crippen molar-refractivity contribution in [3.63, 3.8) is 0 Å². The molecular weight excluding hydrogens is 493 g/mol. The third kappa shape index (κ3) is 7.64. The van der Waals surface area contributed by atoms with Gasteiger partial charge in [0.15, 0.2) is 5.60 Å². The molecule has 2 aliphatic heterocycles. The van der Waals surface area contributed by atoms with Gasteiger partial charge in [-0.25, -0.2) is 4.79 Å². The lowest BCUT2D eigenvalue weighted by molar-refractivity contribution is -0.154. The zero-order valence-corrected chi connectivity index (χ0v) is 22.2. The number of benzene rings is 1. The first-order valence-corrected chi connectivity index (χ1v) is 13.0. The number of carbonyl (C=O) groups excluding carboxylic acids is 3. The van der Waals surface area contributed by atoms with Crippen molar-refractivity contribution < 1.29 is 23.9 Å². The summed E-state index contributed by atoms with van der Waals surface area (Å²) < 4.78 is 11.9. The Hall–Kier alpha value is -2.19. The Labute approximate surface area is 217 Å². The highest BCUT2D eigenvalue weighted by atomic mass is 35.5. The molecule has 0 aromatic heterocycles. The van der Waals surface area contributed by atoms with Crippen molar-refractivity contribution >= 4 is 41.1 Å².